The Hall–Kier alpha value is -3.16. The van der Waals surface area contributed by atoms with Gasteiger partial charge in [-0.3, -0.25) is 19.4 Å². The van der Waals surface area contributed by atoms with E-state index in [1.54, 1.807) is 13.0 Å². The smallest absolute Gasteiger partial charge is 0.326 e. The molecule has 0 aromatic carbocycles. The molecular formula is C23H30N4O4. The molecule has 31 heavy (non-hydrogen) atoms. The number of nitrogens with zero attached hydrogens (tertiary/aromatic N) is 3. The van der Waals surface area contributed by atoms with Crippen molar-refractivity contribution in [1.29, 1.82) is 0 Å². The minimum atomic E-state index is -0.492. The van der Waals surface area contributed by atoms with Crippen molar-refractivity contribution in [1.82, 2.24) is 9.55 Å². The Labute approximate surface area is 182 Å². The maximum atomic E-state index is 12.9. The third kappa shape index (κ3) is 5.93. The summed E-state index contributed by atoms with van der Waals surface area (Å²) in [7, 11) is 0. The molecule has 1 saturated heterocycles. The first-order chi connectivity index (χ1) is 14.9. The fraction of sp³-hybridized carbons (Fsp3) is 0.478. The Balaban J connectivity index is 1.67. The summed E-state index contributed by atoms with van der Waals surface area (Å²) >= 11 is 0. The monoisotopic (exact) mass is 426 g/mol. The second kappa shape index (κ2) is 10.2. The number of pyridine rings is 2. The molecule has 0 bridgehead atoms. The summed E-state index contributed by atoms with van der Waals surface area (Å²) in [5, 5.41) is 2.89. The van der Waals surface area contributed by atoms with Crippen LogP contribution in [0, 0.1) is 5.92 Å². The Morgan fingerprint density at radius 1 is 1.29 bits per heavy atom. The summed E-state index contributed by atoms with van der Waals surface area (Å²) in [6.45, 7) is 7.53. The first-order valence-electron chi connectivity index (χ1n) is 10.7. The molecule has 0 saturated carbocycles. The SMILES string of the molecule is CCOC(=O)Cn1cc(NC(=O)C2CCCN(c3cncc(C(C)C)c3)C2)ccc1=O. The molecule has 1 unspecified atom stereocenters. The molecule has 0 aliphatic carbocycles. The predicted octanol–water partition coefficient (Wildman–Crippen LogP) is 2.78. The summed E-state index contributed by atoms with van der Waals surface area (Å²) < 4.78 is 6.14. The topological polar surface area (TPSA) is 93.5 Å². The number of hydrogen-bond donors (Lipinski definition) is 1. The van der Waals surface area contributed by atoms with Gasteiger partial charge in [-0.05, 0) is 43.4 Å². The van der Waals surface area contributed by atoms with E-state index in [0.717, 1.165) is 25.1 Å². The number of esters is 1. The van der Waals surface area contributed by atoms with E-state index in [4.69, 9.17) is 4.74 Å². The van der Waals surface area contributed by atoms with Gasteiger partial charge in [0.2, 0.25) is 5.91 Å². The molecule has 1 amide bonds. The van der Waals surface area contributed by atoms with Crippen LogP contribution in [0.4, 0.5) is 11.4 Å². The highest BCUT2D eigenvalue weighted by atomic mass is 16.5. The zero-order valence-corrected chi connectivity index (χ0v) is 18.3. The van der Waals surface area contributed by atoms with Crippen molar-refractivity contribution in [3.05, 3.63) is 52.7 Å². The summed E-state index contributed by atoms with van der Waals surface area (Å²) in [6, 6.07) is 5.03. The summed E-state index contributed by atoms with van der Waals surface area (Å²) in [4.78, 5) is 43.2. The molecular weight excluding hydrogens is 396 g/mol. The van der Waals surface area contributed by atoms with E-state index in [-0.39, 0.29) is 30.5 Å². The minimum Gasteiger partial charge on any atom is -0.465 e. The number of ether oxygens (including phenoxy) is 1. The molecule has 1 aliphatic heterocycles. The number of carbonyl (C=O) groups excluding carboxylic acids is 2. The number of rotatable bonds is 7. The van der Waals surface area contributed by atoms with E-state index < -0.39 is 5.97 Å². The largest absolute Gasteiger partial charge is 0.465 e. The number of aromatic nitrogens is 2. The van der Waals surface area contributed by atoms with Crippen molar-refractivity contribution in [3.63, 3.8) is 0 Å². The molecule has 2 aromatic heterocycles. The Kier molecular flexibility index (Phi) is 7.44. The summed E-state index contributed by atoms with van der Waals surface area (Å²) in [5.41, 5.74) is 2.36. The molecule has 1 atom stereocenters. The van der Waals surface area contributed by atoms with Gasteiger partial charge in [-0.25, -0.2) is 0 Å². The van der Waals surface area contributed by atoms with Crippen molar-refractivity contribution in [2.75, 3.05) is 29.9 Å². The molecule has 0 spiro atoms. The van der Waals surface area contributed by atoms with E-state index in [1.165, 1.54) is 22.4 Å². The number of hydrogen-bond acceptors (Lipinski definition) is 6. The van der Waals surface area contributed by atoms with Crippen LogP contribution in [0.3, 0.4) is 0 Å². The van der Waals surface area contributed by atoms with Gasteiger partial charge in [0.05, 0.1) is 30.1 Å². The van der Waals surface area contributed by atoms with Crippen LogP contribution in [0.2, 0.25) is 0 Å². The van der Waals surface area contributed by atoms with Crippen LogP contribution in [-0.2, 0) is 20.9 Å². The Morgan fingerprint density at radius 3 is 2.84 bits per heavy atom. The van der Waals surface area contributed by atoms with Crippen LogP contribution < -0.4 is 15.8 Å². The molecule has 8 nitrogen and oxygen atoms in total. The third-order valence-electron chi connectivity index (χ3n) is 5.42. The van der Waals surface area contributed by atoms with E-state index in [1.807, 2.05) is 12.4 Å². The van der Waals surface area contributed by atoms with Gasteiger partial charge in [-0.15, -0.1) is 0 Å². The lowest BCUT2D eigenvalue weighted by Gasteiger charge is -2.33. The molecule has 0 radical (unpaired) electrons. The van der Waals surface area contributed by atoms with Crippen LogP contribution >= 0.6 is 0 Å². The minimum absolute atomic E-state index is 0.0981. The maximum Gasteiger partial charge on any atom is 0.326 e. The van der Waals surface area contributed by atoms with Crippen LogP contribution in [0.15, 0.2) is 41.6 Å². The lowest BCUT2D eigenvalue weighted by Crippen LogP contribution is -2.41. The third-order valence-corrected chi connectivity index (χ3v) is 5.42. The fourth-order valence-electron chi connectivity index (χ4n) is 3.68. The van der Waals surface area contributed by atoms with Crippen molar-refractivity contribution >= 4 is 23.3 Å². The first kappa shape index (κ1) is 22.5. The quantitative estimate of drug-likeness (QED) is 0.685. The second-order valence-corrected chi connectivity index (χ2v) is 8.09. The fourth-order valence-corrected chi connectivity index (χ4v) is 3.68. The van der Waals surface area contributed by atoms with Crippen molar-refractivity contribution in [2.24, 2.45) is 5.92 Å². The van der Waals surface area contributed by atoms with E-state index in [9.17, 15) is 14.4 Å². The highest BCUT2D eigenvalue weighted by Gasteiger charge is 2.26. The number of nitrogens with one attached hydrogen (secondary N) is 1. The van der Waals surface area contributed by atoms with Gasteiger partial charge in [0.15, 0.2) is 0 Å². The zero-order chi connectivity index (χ0) is 22.4. The number of piperidine rings is 1. The molecule has 1 fully saturated rings. The standard InChI is InChI=1S/C23H30N4O4/c1-4-31-22(29)15-27-14-19(7-8-21(27)28)25-23(30)17-6-5-9-26(13-17)20-10-18(16(2)3)11-24-12-20/h7-8,10-12,14,16-17H,4-6,9,13,15H2,1-3H3,(H,25,30). The number of anilines is 2. The first-order valence-corrected chi connectivity index (χ1v) is 10.7. The lowest BCUT2D eigenvalue weighted by atomic mass is 9.96. The molecule has 1 N–H and O–H groups in total. The van der Waals surface area contributed by atoms with E-state index in [2.05, 4.69) is 35.1 Å². The van der Waals surface area contributed by atoms with Crippen LogP contribution in [-0.4, -0.2) is 41.1 Å². The van der Waals surface area contributed by atoms with Gasteiger partial charge in [-0.1, -0.05) is 13.8 Å². The maximum absolute atomic E-state index is 12.9. The van der Waals surface area contributed by atoms with Gasteiger partial charge < -0.3 is 19.5 Å². The summed E-state index contributed by atoms with van der Waals surface area (Å²) in [5.74, 6) is -0.379. The van der Waals surface area contributed by atoms with Crippen LogP contribution in [0.1, 0.15) is 45.1 Å². The van der Waals surface area contributed by atoms with Gasteiger partial charge in [-0.2, -0.15) is 0 Å². The van der Waals surface area contributed by atoms with Crippen molar-refractivity contribution in [3.8, 4) is 0 Å². The van der Waals surface area contributed by atoms with Crippen molar-refractivity contribution < 1.29 is 14.3 Å². The molecule has 166 valence electrons. The average Bonchev–Trinajstić information content (AvgIpc) is 2.76. The van der Waals surface area contributed by atoms with E-state index in [0.29, 0.717) is 18.2 Å². The second-order valence-electron chi connectivity index (χ2n) is 8.09. The number of carbonyl (C=O) groups is 2. The molecule has 2 aromatic rings. The zero-order valence-electron chi connectivity index (χ0n) is 18.3. The van der Waals surface area contributed by atoms with Crippen LogP contribution in [0.25, 0.3) is 0 Å². The van der Waals surface area contributed by atoms with Crippen LogP contribution in [0.5, 0.6) is 0 Å². The van der Waals surface area contributed by atoms with Gasteiger partial charge in [0.25, 0.3) is 5.56 Å². The highest BCUT2D eigenvalue weighted by Crippen LogP contribution is 2.26. The van der Waals surface area contributed by atoms with Gasteiger partial charge >= 0.3 is 5.97 Å². The van der Waals surface area contributed by atoms with E-state index >= 15 is 0 Å². The summed E-state index contributed by atoms with van der Waals surface area (Å²) in [6.07, 6.45) is 6.91. The molecule has 1 aliphatic rings. The number of amides is 1. The Bertz CT molecular complexity index is 986. The lowest BCUT2D eigenvalue weighted by molar-refractivity contribution is -0.143. The molecule has 8 heteroatoms. The average molecular weight is 427 g/mol. The molecule has 3 heterocycles. The van der Waals surface area contributed by atoms with Gasteiger partial charge in [0, 0.05) is 31.5 Å². The predicted molar refractivity (Wildman–Crippen MR) is 119 cm³/mol. The highest BCUT2D eigenvalue weighted by molar-refractivity contribution is 5.93. The van der Waals surface area contributed by atoms with Gasteiger partial charge in [0.1, 0.15) is 6.54 Å². The normalized spacial score (nSPS) is 16.3. The van der Waals surface area contributed by atoms with Crippen molar-refractivity contribution in [2.45, 2.75) is 46.1 Å². The Morgan fingerprint density at radius 2 is 2.10 bits per heavy atom. The molecule has 3 rings (SSSR count).